The molecular weight excluding hydrogens is 503 g/mol. The van der Waals surface area contributed by atoms with Crippen molar-refractivity contribution in [3.63, 3.8) is 0 Å². The number of primary amides is 1. The van der Waals surface area contributed by atoms with Crippen molar-refractivity contribution in [3.8, 4) is 17.1 Å². The molecule has 5 rings (SSSR count). The van der Waals surface area contributed by atoms with Crippen molar-refractivity contribution in [2.24, 2.45) is 5.73 Å². The SMILES string of the molecule is NC(=O)COc1ccc(C(O)c2cc(-c3ncnc4cc(N5CCOCC5)ccc34)c(F)cc2Cl)nn1. The second kappa shape index (κ2) is 10.6. The van der Waals surface area contributed by atoms with Crippen LogP contribution in [0.1, 0.15) is 17.4 Å². The van der Waals surface area contributed by atoms with E-state index >= 15 is 4.39 Å². The monoisotopic (exact) mass is 524 g/mol. The predicted octanol–water partition coefficient (Wildman–Crippen LogP) is 2.66. The van der Waals surface area contributed by atoms with Crippen molar-refractivity contribution in [2.75, 3.05) is 37.8 Å². The molecule has 1 atom stereocenters. The van der Waals surface area contributed by atoms with Gasteiger partial charge in [0.05, 0.1) is 30.1 Å². The summed E-state index contributed by atoms with van der Waals surface area (Å²) in [7, 11) is 0. The summed E-state index contributed by atoms with van der Waals surface area (Å²) in [6, 6.07) is 11.2. The van der Waals surface area contributed by atoms with Crippen molar-refractivity contribution in [2.45, 2.75) is 6.10 Å². The van der Waals surface area contributed by atoms with Gasteiger partial charge in [0.15, 0.2) is 6.61 Å². The summed E-state index contributed by atoms with van der Waals surface area (Å²) in [6.45, 7) is 2.50. The number of carbonyl (C=O) groups excluding carboxylic acids is 1. The van der Waals surface area contributed by atoms with E-state index in [-0.39, 0.29) is 34.3 Å². The fraction of sp³-hybridized carbons (Fsp3) is 0.240. The lowest BCUT2D eigenvalue weighted by atomic mass is 9.99. The summed E-state index contributed by atoms with van der Waals surface area (Å²) >= 11 is 6.30. The molecule has 1 unspecified atom stereocenters. The van der Waals surface area contributed by atoms with Crippen LogP contribution in [-0.4, -0.2) is 64.1 Å². The number of nitrogens with zero attached hydrogens (tertiary/aromatic N) is 5. The zero-order valence-electron chi connectivity index (χ0n) is 19.5. The zero-order chi connectivity index (χ0) is 25.9. The molecule has 4 aromatic rings. The van der Waals surface area contributed by atoms with Crippen LogP contribution in [0.5, 0.6) is 5.88 Å². The molecule has 0 radical (unpaired) electrons. The summed E-state index contributed by atoms with van der Waals surface area (Å²) in [5.74, 6) is -1.20. The molecule has 2 aromatic carbocycles. The number of aliphatic hydroxyl groups is 1. The molecule has 1 amide bonds. The first-order valence-electron chi connectivity index (χ1n) is 11.4. The summed E-state index contributed by atoms with van der Waals surface area (Å²) in [4.78, 5) is 21.8. The molecule has 1 fully saturated rings. The van der Waals surface area contributed by atoms with Gasteiger partial charge in [-0.2, -0.15) is 0 Å². The molecule has 0 saturated carbocycles. The average molecular weight is 525 g/mol. The third-order valence-corrected chi connectivity index (χ3v) is 6.26. The summed E-state index contributed by atoms with van der Waals surface area (Å²) in [5, 5.41) is 19.4. The highest BCUT2D eigenvalue weighted by molar-refractivity contribution is 6.31. The maximum atomic E-state index is 15.2. The van der Waals surface area contributed by atoms with Crippen molar-refractivity contribution in [1.82, 2.24) is 20.2 Å². The maximum absolute atomic E-state index is 15.2. The van der Waals surface area contributed by atoms with Gasteiger partial charge in [0, 0.05) is 46.4 Å². The second-order valence-electron chi connectivity index (χ2n) is 8.33. The van der Waals surface area contributed by atoms with Gasteiger partial charge in [0.25, 0.3) is 5.91 Å². The molecule has 12 heteroatoms. The lowest BCUT2D eigenvalue weighted by Gasteiger charge is -2.29. The summed E-state index contributed by atoms with van der Waals surface area (Å²) in [6.07, 6.45) is 0.0619. The van der Waals surface area contributed by atoms with Gasteiger partial charge < -0.3 is 25.2 Å². The van der Waals surface area contributed by atoms with Crippen molar-refractivity contribution in [3.05, 3.63) is 70.9 Å². The van der Waals surface area contributed by atoms with E-state index in [0.717, 1.165) is 24.8 Å². The molecule has 0 spiro atoms. The Morgan fingerprint density at radius 3 is 2.70 bits per heavy atom. The summed E-state index contributed by atoms with van der Waals surface area (Å²) in [5.41, 5.74) is 7.58. The number of halogens is 2. The van der Waals surface area contributed by atoms with E-state index in [4.69, 9.17) is 26.8 Å². The minimum Gasteiger partial charge on any atom is -0.467 e. The van der Waals surface area contributed by atoms with Crippen LogP contribution in [0.25, 0.3) is 22.2 Å². The number of fused-ring (bicyclic) bond motifs is 1. The lowest BCUT2D eigenvalue weighted by molar-refractivity contribution is -0.120. The molecule has 0 bridgehead atoms. The third-order valence-electron chi connectivity index (χ3n) is 5.94. The van der Waals surface area contributed by atoms with Gasteiger partial charge in [-0.15, -0.1) is 10.2 Å². The number of carbonyl (C=O) groups is 1. The van der Waals surface area contributed by atoms with Crippen molar-refractivity contribution in [1.29, 1.82) is 0 Å². The second-order valence-corrected chi connectivity index (χ2v) is 8.74. The van der Waals surface area contributed by atoms with Gasteiger partial charge in [-0.1, -0.05) is 11.6 Å². The largest absolute Gasteiger partial charge is 0.467 e. The number of rotatable bonds is 7. The number of nitrogens with two attached hydrogens (primary N) is 1. The average Bonchev–Trinajstić information content (AvgIpc) is 2.92. The molecule has 10 nitrogen and oxygen atoms in total. The molecule has 3 heterocycles. The third kappa shape index (κ3) is 5.29. The van der Waals surface area contributed by atoms with Gasteiger partial charge in [0.2, 0.25) is 5.88 Å². The van der Waals surface area contributed by atoms with Crippen LogP contribution in [-0.2, 0) is 9.53 Å². The Labute approximate surface area is 215 Å². The molecule has 2 aromatic heterocycles. The number of morpholine rings is 1. The Hall–Kier alpha value is -3.93. The number of aliphatic hydroxyl groups excluding tert-OH is 1. The normalized spacial score (nSPS) is 14.5. The fourth-order valence-electron chi connectivity index (χ4n) is 4.09. The van der Waals surface area contributed by atoms with E-state index in [0.29, 0.717) is 29.8 Å². The minimum atomic E-state index is -1.31. The highest BCUT2D eigenvalue weighted by Gasteiger charge is 2.22. The van der Waals surface area contributed by atoms with Crippen LogP contribution < -0.4 is 15.4 Å². The number of amides is 1. The van der Waals surface area contributed by atoms with E-state index in [1.54, 1.807) is 0 Å². The number of ether oxygens (including phenoxy) is 2. The Balaban J connectivity index is 1.48. The Kier molecular flexibility index (Phi) is 7.08. The van der Waals surface area contributed by atoms with E-state index in [2.05, 4.69) is 25.1 Å². The molecule has 1 aliphatic rings. The van der Waals surface area contributed by atoms with Gasteiger partial charge >= 0.3 is 0 Å². The first-order chi connectivity index (χ1) is 17.9. The predicted molar refractivity (Wildman–Crippen MR) is 134 cm³/mol. The van der Waals surface area contributed by atoms with Crippen LogP contribution in [0.4, 0.5) is 10.1 Å². The Bertz CT molecular complexity index is 1450. The number of hydrogen-bond donors (Lipinski definition) is 2. The van der Waals surface area contributed by atoms with E-state index in [1.807, 2.05) is 18.2 Å². The molecule has 3 N–H and O–H groups in total. The Morgan fingerprint density at radius 2 is 1.97 bits per heavy atom. The number of aromatic nitrogens is 4. The van der Waals surface area contributed by atoms with E-state index in [1.165, 1.54) is 24.5 Å². The fourth-order valence-corrected chi connectivity index (χ4v) is 4.35. The first-order valence-corrected chi connectivity index (χ1v) is 11.8. The highest BCUT2D eigenvalue weighted by Crippen LogP contribution is 2.36. The van der Waals surface area contributed by atoms with Crippen molar-refractivity contribution >= 4 is 34.1 Å². The van der Waals surface area contributed by atoms with Crippen LogP contribution in [0.15, 0.2) is 48.8 Å². The molecular formula is C25H22ClFN6O4. The molecule has 1 saturated heterocycles. The molecule has 37 heavy (non-hydrogen) atoms. The smallest absolute Gasteiger partial charge is 0.255 e. The van der Waals surface area contributed by atoms with Gasteiger partial charge in [0.1, 0.15) is 18.2 Å². The maximum Gasteiger partial charge on any atom is 0.255 e. The van der Waals surface area contributed by atoms with Crippen LogP contribution >= 0.6 is 11.6 Å². The van der Waals surface area contributed by atoms with Gasteiger partial charge in [-0.3, -0.25) is 4.79 Å². The standard InChI is InChI=1S/C25H22ClFN6O4/c26-18-11-19(27)17(10-16(18)25(35)20-3-4-23(32-31-20)37-12-22(28)34)24-15-2-1-14(9-21(15)29-13-30-24)33-5-7-36-8-6-33/h1-4,9-11,13,25,35H,5-8,12H2,(H2,28,34). The minimum absolute atomic E-state index is 0.0116. The lowest BCUT2D eigenvalue weighted by Crippen LogP contribution is -2.36. The molecule has 1 aliphatic heterocycles. The van der Waals surface area contributed by atoms with E-state index < -0.39 is 17.8 Å². The highest BCUT2D eigenvalue weighted by atomic mass is 35.5. The molecule has 190 valence electrons. The van der Waals surface area contributed by atoms with Crippen LogP contribution in [0, 0.1) is 5.82 Å². The molecule has 0 aliphatic carbocycles. The van der Waals surface area contributed by atoms with Crippen LogP contribution in [0.3, 0.4) is 0 Å². The van der Waals surface area contributed by atoms with E-state index in [9.17, 15) is 9.90 Å². The quantitative estimate of drug-likeness (QED) is 0.374. The number of hydrogen-bond acceptors (Lipinski definition) is 9. The van der Waals surface area contributed by atoms with Crippen molar-refractivity contribution < 1.29 is 23.8 Å². The zero-order valence-corrected chi connectivity index (χ0v) is 20.2. The van der Waals surface area contributed by atoms with Crippen LogP contribution in [0.2, 0.25) is 5.02 Å². The Morgan fingerprint density at radius 1 is 1.16 bits per heavy atom. The summed E-state index contributed by atoms with van der Waals surface area (Å²) < 4.78 is 25.7. The van der Waals surface area contributed by atoms with Gasteiger partial charge in [-0.25, -0.2) is 14.4 Å². The topological polar surface area (TPSA) is 137 Å². The number of anilines is 1. The first kappa shape index (κ1) is 24.8. The number of benzene rings is 2. The van der Waals surface area contributed by atoms with Gasteiger partial charge in [-0.05, 0) is 36.4 Å².